The fraction of sp³-hybridized carbons (Fsp3) is 0.500. The third-order valence-electron chi connectivity index (χ3n) is 2.88. The molecule has 1 aromatic rings. The smallest absolute Gasteiger partial charge is 0.217 e. The van der Waals surface area contributed by atoms with Gasteiger partial charge in [-0.3, -0.25) is 9.59 Å². The van der Waals surface area contributed by atoms with Gasteiger partial charge in [0.2, 0.25) is 5.91 Å². The molecule has 0 aliphatic heterocycles. The van der Waals surface area contributed by atoms with E-state index >= 15 is 0 Å². The van der Waals surface area contributed by atoms with Crippen LogP contribution in [0.5, 0.6) is 5.75 Å². The molecule has 20 heavy (non-hydrogen) atoms. The van der Waals surface area contributed by atoms with Crippen molar-refractivity contribution in [2.24, 2.45) is 5.73 Å². The van der Waals surface area contributed by atoms with Crippen LogP contribution < -0.4 is 10.5 Å². The summed E-state index contributed by atoms with van der Waals surface area (Å²) in [5.74, 6) is 0.621. The average molecular weight is 277 g/mol. The Hall–Kier alpha value is -1.84. The predicted octanol–water partition coefficient (Wildman–Crippen LogP) is 3.09. The molecule has 0 saturated heterocycles. The van der Waals surface area contributed by atoms with Crippen LogP contribution in [0.4, 0.5) is 0 Å². The van der Waals surface area contributed by atoms with Crippen molar-refractivity contribution in [3.05, 3.63) is 29.8 Å². The summed E-state index contributed by atoms with van der Waals surface area (Å²) in [6.45, 7) is 3.93. The normalized spacial score (nSPS) is 10.6. The van der Waals surface area contributed by atoms with E-state index in [1.807, 2.05) is 26.0 Å². The van der Waals surface area contributed by atoms with Crippen LogP contribution in [-0.2, 0) is 4.79 Å². The van der Waals surface area contributed by atoms with Gasteiger partial charge in [0.25, 0.3) is 0 Å². The van der Waals surface area contributed by atoms with Gasteiger partial charge in [-0.05, 0) is 51.0 Å². The molecule has 1 amide bonds. The molecule has 0 fully saturated rings. The lowest BCUT2D eigenvalue weighted by molar-refractivity contribution is -0.118. The maximum absolute atomic E-state index is 11.9. The summed E-state index contributed by atoms with van der Waals surface area (Å²) in [6.07, 6.45) is 3.42. The minimum absolute atomic E-state index is 0.125. The monoisotopic (exact) mass is 277 g/mol. The number of carbonyl (C=O) groups excluding carboxylic acids is 2. The van der Waals surface area contributed by atoms with E-state index in [-0.39, 0.29) is 17.8 Å². The fourth-order valence-corrected chi connectivity index (χ4v) is 1.90. The van der Waals surface area contributed by atoms with E-state index in [4.69, 9.17) is 10.5 Å². The Labute approximate surface area is 120 Å². The minimum atomic E-state index is -0.280. The van der Waals surface area contributed by atoms with Crippen molar-refractivity contribution in [3.63, 3.8) is 0 Å². The minimum Gasteiger partial charge on any atom is -0.491 e. The van der Waals surface area contributed by atoms with Gasteiger partial charge in [0.05, 0.1) is 6.10 Å². The summed E-state index contributed by atoms with van der Waals surface area (Å²) < 4.78 is 5.53. The van der Waals surface area contributed by atoms with Crippen LogP contribution in [0.1, 0.15) is 56.3 Å². The second kappa shape index (κ2) is 8.35. The van der Waals surface area contributed by atoms with Crippen LogP contribution in [-0.4, -0.2) is 17.8 Å². The van der Waals surface area contributed by atoms with Gasteiger partial charge < -0.3 is 10.5 Å². The lowest BCUT2D eigenvalue weighted by Crippen LogP contribution is -2.09. The van der Waals surface area contributed by atoms with Gasteiger partial charge in [-0.15, -0.1) is 0 Å². The zero-order chi connectivity index (χ0) is 15.0. The summed E-state index contributed by atoms with van der Waals surface area (Å²) in [4.78, 5) is 22.5. The van der Waals surface area contributed by atoms with Crippen LogP contribution in [0.2, 0.25) is 0 Å². The molecule has 2 N–H and O–H groups in total. The number of ether oxygens (including phenoxy) is 1. The third kappa shape index (κ3) is 6.36. The number of primary amides is 1. The number of hydrogen-bond acceptors (Lipinski definition) is 3. The molecule has 1 rings (SSSR count). The number of unbranched alkanes of at least 4 members (excludes halogenated alkanes) is 2. The Morgan fingerprint density at radius 3 is 2.20 bits per heavy atom. The molecule has 4 heteroatoms. The Morgan fingerprint density at radius 1 is 1.05 bits per heavy atom. The van der Waals surface area contributed by atoms with E-state index in [2.05, 4.69) is 0 Å². The maximum Gasteiger partial charge on any atom is 0.217 e. The Morgan fingerprint density at radius 2 is 1.65 bits per heavy atom. The van der Waals surface area contributed by atoms with Gasteiger partial charge in [-0.2, -0.15) is 0 Å². The van der Waals surface area contributed by atoms with Gasteiger partial charge >= 0.3 is 0 Å². The molecule has 4 nitrogen and oxygen atoms in total. The topological polar surface area (TPSA) is 69.4 Å². The lowest BCUT2D eigenvalue weighted by Gasteiger charge is -2.09. The summed E-state index contributed by atoms with van der Waals surface area (Å²) >= 11 is 0. The highest BCUT2D eigenvalue weighted by Crippen LogP contribution is 2.16. The second-order valence-electron chi connectivity index (χ2n) is 5.14. The molecule has 0 bridgehead atoms. The van der Waals surface area contributed by atoms with E-state index < -0.39 is 0 Å². The molecule has 1 aromatic carbocycles. The van der Waals surface area contributed by atoms with E-state index in [9.17, 15) is 9.59 Å². The number of hydrogen-bond donors (Lipinski definition) is 1. The molecular formula is C16H23NO3. The number of ketones is 1. The number of amides is 1. The van der Waals surface area contributed by atoms with Crippen LogP contribution in [0.25, 0.3) is 0 Å². The molecule has 0 aliphatic carbocycles. The highest BCUT2D eigenvalue weighted by molar-refractivity contribution is 5.96. The van der Waals surface area contributed by atoms with Crippen molar-refractivity contribution in [2.75, 3.05) is 0 Å². The zero-order valence-electron chi connectivity index (χ0n) is 12.2. The SMILES string of the molecule is CC(C)Oc1ccc(C(=O)CCCCCC(N)=O)cc1. The van der Waals surface area contributed by atoms with Crippen molar-refractivity contribution < 1.29 is 14.3 Å². The largest absolute Gasteiger partial charge is 0.491 e. The summed E-state index contributed by atoms with van der Waals surface area (Å²) in [7, 11) is 0. The molecule has 0 heterocycles. The van der Waals surface area contributed by atoms with E-state index in [0.29, 0.717) is 18.4 Å². The van der Waals surface area contributed by atoms with Crippen molar-refractivity contribution in [1.29, 1.82) is 0 Å². The van der Waals surface area contributed by atoms with Crippen molar-refractivity contribution in [3.8, 4) is 5.75 Å². The van der Waals surface area contributed by atoms with Crippen molar-refractivity contribution in [1.82, 2.24) is 0 Å². The molecule has 0 unspecified atom stereocenters. The van der Waals surface area contributed by atoms with E-state index in [0.717, 1.165) is 25.0 Å². The first-order valence-electron chi connectivity index (χ1n) is 7.07. The number of nitrogens with two attached hydrogens (primary N) is 1. The van der Waals surface area contributed by atoms with Gasteiger partial charge in [-0.25, -0.2) is 0 Å². The van der Waals surface area contributed by atoms with Crippen molar-refractivity contribution in [2.45, 2.75) is 52.1 Å². The molecule has 0 radical (unpaired) electrons. The summed E-state index contributed by atoms with van der Waals surface area (Å²) in [5.41, 5.74) is 5.76. The van der Waals surface area contributed by atoms with Crippen LogP contribution >= 0.6 is 0 Å². The summed E-state index contributed by atoms with van der Waals surface area (Å²) in [6, 6.07) is 7.23. The first-order valence-corrected chi connectivity index (χ1v) is 7.07. The molecule has 0 spiro atoms. The first-order chi connectivity index (χ1) is 9.49. The molecule has 0 aromatic heterocycles. The lowest BCUT2D eigenvalue weighted by atomic mass is 10.0. The molecule has 0 saturated carbocycles. The van der Waals surface area contributed by atoms with E-state index in [1.165, 1.54) is 0 Å². The predicted molar refractivity (Wildman–Crippen MR) is 78.8 cm³/mol. The number of carbonyl (C=O) groups is 2. The third-order valence-corrected chi connectivity index (χ3v) is 2.88. The zero-order valence-corrected chi connectivity index (χ0v) is 12.2. The number of benzene rings is 1. The van der Waals surface area contributed by atoms with Gasteiger partial charge in [0.15, 0.2) is 5.78 Å². The Balaban J connectivity index is 2.34. The highest BCUT2D eigenvalue weighted by Gasteiger charge is 2.06. The fourth-order valence-electron chi connectivity index (χ4n) is 1.90. The number of rotatable bonds is 9. The molecule has 0 atom stereocenters. The molecule has 110 valence electrons. The maximum atomic E-state index is 11.9. The quantitative estimate of drug-likeness (QED) is 0.557. The standard InChI is InChI=1S/C16H23NO3/c1-12(2)20-14-10-8-13(9-11-14)15(18)6-4-3-5-7-16(17)19/h8-12H,3-7H2,1-2H3,(H2,17,19). The first kappa shape index (κ1) is 16.2. The average Bonchev–Trinajstić information content (AvgIpc) is 2.38. The molecular weight excluding hydrogens is 254 g/mol. The van der Waals surface area contributed by atoms with Crippen molar-refractivity contribution >= 4 is 11.7 Å². The van der Waals surface area contributed by atoms with Gasteiger partial charge in [0.1, 0.15) is 5.75 Å². The Bertz CT molecular complexity index is 438. The highest BCUT2D eigenvalue weighted by atomic mass is 16.5. The van der Waals surface area contributed by atoms with Crippen LogP contribution in [0.3, 0.4) is 0 Å². The van der Waals surface area contributed by atoms with Gasteiger partial charge in [-0.1, -0.05) is 6.42 Å². The Kier molecular flexibility index (Phi) is 6.77. The van der Waals surface area contributed by atoms with E-state index in [1.54, 1.807) is 12.1 Å². The molecule has 0 aliphatic rings. The second-order valence-corrected chi connectivity index (χ2v) is 5.14. The van der Waals surface area contributed by atoms with Crippen LogP contribution in [0, 0.1) is 0 Å². The van der Waals surface area contributed by atoms with Gasteiger partial charge in [0, 0.05) is 18.4 Å². The summed E-state index contributed by atoms with van der Waals surface area (Å²) in [5, 5.41) is 0. The van der Waals surface area contributed by atoms with Crippen LogP contribution in [0.15, 0.2) is 24.3 Å². The number of Topliss-reactive ketones (excluding diaryl/α,β-unsaturated/α-hetero) is 1.